The number of hydrogen-bond donors (Lipinski definition) is 2. The van der Waals surface area contributed by atoms with E-state index < -0.39 is 0 Å². The first kappa shape index (κ1) is 13.6. The maximum atomic E-state index is 9.62. The average Bonchev–Trinajstić information content (AvgIpc) is 2.46. The summed E-state index contributed by atoms with van der Waals surface area (Å²) in [5.41, 5.74) is 1.47. The zero-order valence-electron chi connectivity index (χ0n) is 11.1. The van der Waals surface area contributed by atoms with E-state index in [1.54, 1.807) is 14.2 Å². The molecule has 0 aliphatic heterocycles. The SMILES string of the molecule is COc1c(CO)c(CCO)c(OC)c2ccccc12. The minimum atomic E-state index is -0.153. The number of aliphatic hydroxyl groups excluding tert-OH is 2. The molecule has 2 aromatic carbocycles. The van der Waals surface area contributed by atoms with E-state index in [0.717, 1.165) is 16.3 Å². The van der Waals surface area contributed by atoms with Gasteiger partial charge in [-0.05, 0) is 6.42 Å². The van der Waals surface area contributed by atoms with Gasteiger partial charge in [0.1, 0.15) is 11.5 Å². The molecule has 0 spiro atoms. The van der Waals surface area contributed by atoms with E-state index in [1.807, 2.05) is 24.3 Å². The molecule has 0 unspecified atom stereocenters. The molecule has 0 aliphatic carbocycles. The van der Waals surface area contributed by atoms with Crippen LogP contribution in [0.25, 0.3) is 10.8 Å². The molecule has 0 atom stereocenters. The van der Waals surface area contributed by atoms with Gasteiger partial charge in [0.05, 0.1) is 20.8 Å². The van der Waals surface area contributed by atoms with Crippen LogP contribution >= 0.6 is 0 Å². The van der Waals surface area contributed by atoms with Gasteiger partial charge in [-0.25, -0.2) is 0 Å². The second kappa shape index (κ2) is 5.91. The van der Waals surface area contributed by atoms with E-state index in [0.29, 0.717) is 23.5 Å². The molecule has 0 heterocycles. The summed E-state index contributed by atoms with van der Waals surface area (Å²) in [6.45, 7) is -0.162. The molecule has 19 heavy (non-hydrogen) atoms. The molecular formula is C15H18O4. The second-order valence-corrected chi connectivity index (χ2v) is 4.20. The summed E-state index contributed by atoms with van der Waals surface area (Å²) in [4.78, 5) is 0. The number of benzene rings is 2. The maximum absolute atomic E-state index is 9.62. The number of ether oxygens (including phenoxy) is 2. The largest absolute Gasteiger partial charge is 0.496 e. The van der Waals surface area contributed by atoms with Crippen molar-refractivity contribution in [2.45, 2.75) is 13.0 Å². The van der Waals surface area contributed by atoms with Crippen LogP contribution in [0.3, 0.4) is 0 Å². The summed E-state index contributed by atoms with van der Waals surface area (Å²) in [5, 5.41) is 20.7. The van der Waals surface area contributed by atoms with Crippen LogP contribution in [0, 0.1) is 0 Å². The molecule has 0 radical (unpaired) electrons. The Morgan fingerprint density at radius 3 is 1.84 bits per heavy atom. The lowest BCUT2D eigenvalue weighted by atomic mass is 9.96. The number of rotatable bonds is 5. The minimum Gasteiger partial charge on any atom is -0.496 e. The summed E-state index contributed by atoms with van der Waals surface area (Å²) < 4.78 is 10.9. The third-order valence-electron chi connectivity index (χ3n) is 3.26. The normalized spacial score (nSPS) is 10.7. The van der Waals surface area contributed by atoms with E-state index in [2.05, 4.69) is 0 Å². The van der Waals surface area contributed by atoms with Crippen molar-refractivity contribution in [1.82, 2.24) is 0 Å². The first-order valence-electron chi connectivity index (χ1n) is 6.14. The number of methoxy groups -OCH3 is 2. The van der Waals surface area contributed by atoms with Crippen molar-refractivity contribution in [3.8, 4) is 11.5 Å². The Kier molecular flexibility index (Phi) is 4.24. The molecule has 0 amide bonds. The van der Waals surface area contributed by atoms with Gasteiger partial charge in [0.25, 0.3) is 0 Å². The predicted molar refractivity (Wildman–Crippen MR) is 73.8 cm³/mol. The molecule has 2 N–H and O–H groups in total. The van der Waals surface area contributed by atoms with E-state index in [9.17, 15) is 10.2 Å². The lowest BCUT2D eigenvalue weighted by molar-refractivity contribution is 0.267. The van der Waals surface area contributed by atoms with Crippen molar-refractivity contribution in [3.63, 3.8) is 0 Å². The number of aliphatic hydroxyl groups is 2. The van der Waals surface area contributed by atoms with Crippen LogP contribution in [0.15, 0.2) is 24.3 Å². The highest BCUT2D eigenvalue weighted by Gasteiger charge is 2.19. The van der Waals surface area contributed by atoms with Crippen LogP contribution in [0.5, 0.6) is 11.5 Å². The van der Waals surface area contributed by atoms with Crippen molar-refractivity contribution in [3.05, 3.63) is 35.4 Å². The van der Waals surface area contributed by atoms with E-state index in [-0.39, 0.29) is 13.2 Å². The Bertz CT molecular complexity index is 578. The van der Waals surface area contributed by atoms with Gasteiger partial charge >= 0.3 is 0 Å². The molecule has 2 aromatic rings. The van der Waals surface area contributed by atoms with Gasteiger partial charge in [0, 0.05) is 28.5 Å². The third-order valence-corrected chi connectivity index (χ3v) is 3.26. The van der Waals surface area contributed by atoms with Gasteiger partial charge in [-0.2, -0.15) is 0 Å². The van der Waals surface area contributed by atoms with Crippen LogP contribution in [0.4, 0.5) is 0 Å². The Hall–Kier alpha value is -1.78. The van der Waals surface area contributed by atoms with Crippen molar-refractivity contribution in [2.24, 2.45) is 0 Å². The lowest BCUT2D eigenvalue weighted by Crippen LogP contribution is -2.05. The molecular weight excluding hydrogens is 244 g/mol. The summed E-state index contributed by atoms with van der Waals surface area (Å²) in [6, 6.07) is 7.71. The van der Waals surface area contributed by atoms with Gasteiger partial charge < -0.3 is 19.7 Å². The zero-order valence-corrected chi connectivity index (χ0v) is 11.1. The zero-order chi connectivity index (χ0) is 13.8. The molecule has 4 heteroatoms. The Morgan fingerprint density at radius 2 is 1.42 bits per heavy atom. The summed E-state index contributed by atoms with van der Waals surface area (Å²) in [6.07, 6.45) is 0.417. The van der Waals surface area contributed by atoms with Crippen molar-refractivity contribution in [1.29, 1.82) is 0 Å². The predicted octanol–water partition coefficient (Wildman–Crippen LogP) is 1.88. The topological polar surface area (TPSA) is 58.9 Å². The maximum Gasteiger partial charge on any atom is 0.132 e. The molecule has 0 fully saturated rings. The van der Waals surface area contributed by atoms with Crippen LogP contribution in [0.2, 0.25) is 0 Å². The van der Waals surface area contributed by atoms with Crippen LogP contribution in [0.1, 0.15) is 11.1 Å². The molecule has 0 saturated heterocycles. The molecule has 4 nitrogen and oxygen atoms in total. The van der Waals surface area contributed by atoms with Crippen LogP contribution in [-0.4, -0.2) is 31.0 Å². The van der Waals surface area contributed by atoms with Crippen molar-refractivity contribution in [2.75, 3.05) is 20.8 Å². The first-order valence-corrected chi connectivity index (χ1v) is 6.14. The van der Waals surface area contributed by atoms with Gasteiger partial charge in [-0.1, -0.05) is 24.3 Å². The summed E-state index contributed by atoms with van der Waals surface area (Å²) in [7, 11) is 3.17. The van der Waals surface area contributed by atoms with Crippen LogP contribution < -0.4 is 9.47 Å². The first-order chi connectivity index (χ1) is 9.28. The minimum absolute atomic E-state index is 0.00907. The summed E-state index contributed by atoms with van der Waals surface area (Å²) >= 11 is 0. The fourth-order valence-corrected chi connectivity index (χ4v) is 2.49. The lowest BCUT2D eigenvalue weighted by Gasteiger charge is -2.19. The van der Waals surface area contributed by atoms with E-state index in [4.69, 9.17) is 9.47 Å². The Balaban J connectivity index is 2.88. The van der Waals surface area contributed by atoms with Crippen LogP contribution in [-0.2, 0) is 13.0 Å². The van der Waals surface area contributed by atoms with Crippen molar-refractivity contribution < 1.29 is 19.7 Å². The van der Waals surface area contributed by atoms with Gasteiger partial charge in [0.2, 0.25) is 0 Å². The highest BCUT2D eigenvalue weighted by molar-refractivity contribution is 5.96. The molecule has 102 valence electrons. The van der Waals surface area contributed by atoms with Crippen molar-refractivity contribution >= 4 is 10.8 Å². The molecule has 0 aliphatic rings. The van der Waals surface area contributed by atoms with Gasteiger partial charge in [-0.15, -0.1) is 0 Å². The molecule has 0 saturated carbocycles. The molecule has 2 rings (SSSR count). The highest BCUT2D eigenvalue weighted by Crippen LogP contribution is 2.40. The van der Waals surface area contributed by atoms with Gasteiger partial charge in [-0.3, -0.25) is 0 Å². The molecule has 0 bridgehead atoms. The molecule has 0 aromatic heterocycles. The summed E-state index contributed by atoms with van der Waals surface area (Å²) in [5.74, 6) is 1.33. The Morgan fingerprint density at radius 1 is 0.895 bits per heavy atom. The quantitative estimate of drug-likeness (QED) is 0.864. The standard InChI is InChI=1S/C15H18O4/c1-18-14-10-5-3-4-6-11(10)15(19-2)13(9-17)12(14)7-8-16/h3-6,16-17H,7-9H2,1-2H3. The van der Waals surface area contributed by atoms with E-state index in [1.165, 1.54) is 0 Å². The Labute approximate surface area is 112 Å². The number of hydrogen-bond acceptors (Lipinski definition) is 4. The monoisotopic (exact) mass is 262 g/mol. The van der Waals surface area contributed by atoms with Gasteiger partial charge in [0.15, 0.2) is 0 Å². The smallest absolute Gasteiger partial charge is 0.132 e. The highest BCUT2D eigenvalue weighted by atomic mass is 16.5. The average molecular weight is 262 g/mol. The van der Waals surface area contributed by atoms with E-state index >= 15 is 0 Å². The second-order valence-electron chi connectivity index (χ2n) is 4.20. The fourth-order valence-electron chi connectivity index (χ4n) is 2.49. The fraction of sp³-hybridized carbons (Fsp3) is 0.333. The number of fused-ring (bicyclic) bond motifs is 1. The third kappa shape index (κ3) is 2.25.